The Bertz CT molecular complexity index is 625. The van der Waals surface area contributed by atoms with Crippen molar-refractivity contribution in [2.24, 2.45) is 5.92 Å². The molecule has 1 N–H and O–H groups in total. The van der Waals surface area contributed by atoms with Crippen LogP contribution in [0.4, 0.5) is 0 Å². The zero-order valence-corrected chi connectivity index (χ0v) is 14.6. The number of nitrogens with zero attached hydrogens (tertiary/aromatic N) is 1. The highest BCUT2D eigenvalue weighted by Gasteiger charge is 2.09. The summed E-state index contributed by atoms with van der Waals surface area (Å²) in [5, 5.41) is 9.36. The van der Waals surface area contributed by atoms with E-state index in [1.807, 2.05) is 30.3 Å². The lowest BCUT2D eigenvalue weighted by atomic mass is 10.1. The molecular formula is C21H27NO2. The Morgan fingerprint density at radius 2 is 1.79 bits per heavy atom. The lowest BCUT2D eigenvalue weighted by molar-refractivity contribution is 0.178. The van der Waals surface area contributed by atoms with Gasteiger partial charge in [0.1, 0.15) is 5.75 Å². The number of aliphatic hydroxyl groups is 1. The maximum atomic E-state index is 9.36. The molecule has 0 bridgehead atoms. The molecule has 2 aromatic carbocycles. The molecule has 3 nitrogen and oxygen atoms in total. The van der Waals surface area contributed by atoms with Gasteiger partial charge in [0.2, 0.25) is 0 Å². The molecule has 24 heavy (non-hydrogen) atoms. The quantitative estimate of drug-likeness (QED) is 0.760. The SMILES string of the molecule is COc1ccccc1/C=C/CN(Cc1ccccc1)C[C@@H](C)CO. The van der Waals surface area contributed by atoms with E-state index in [0.29, 0.717) is 0 Å². The van der Waals surface area contributed by atoms with Crippen LogP contribution in [0.2, 0.25) is 0 Å². The summed E-state index contributed by atoms with van der Waals surface area (Å²) in [5.41, 5.74) is 2.36. The minimum Gasteiger partial charge on any atom is -0.496 e. The zero-order valence-electron chi connectivity index (χ0n) is 14.6. The van der Waals surface area contributed by atoms with E-state index in [1.165, 1.54) is 5.56 Å². The number of para-hydroxylation sites is 1. The summed E-state index contributed by atoms with van der Waals surface area (Å²) in [6.07, 6.45) is 4.26. The molecule has 2 rings (SSSR count). The van der Waals surface area contributed by atoms with E-state index in [2.05, 4.69) is 48.2 Å². The van der Waals surface area contributed by atoms with Crippen LogP contribution in [0, 0.1) is 5.92 Å². The van der Waals surface area contributed by atoms with Gasteiger partial charge in [0.25, 0.3) is 0 Å². The first-order chi connectivity index (χ1) is 11.7. The molecule has 0 aliphatic carbocycles. The van der Waals surface area contributed by atoms with Gasteiger partial charge in [-0.3, -0.25) is 4.90 Å². The van der Waals surface area contributed by atoms with Crippen molar-refractivity contribution < 1.29 is 9.84 Å². The molecule has 0 spiro atoms. The van der Waals surface area contributed by atoms with Crippen molar-refractivity contribution >= 4 is 6.08 Å². The van der Waals surface area contributed by atoms with Crippen LogP contribution in [-0.2, 0) is 6.54 Å². The minimum atomic E-state index is 0.210. The van der Waals surface area contributed by atoms with Crippen molar-refractivity contribution in [1.29, 1.82) is 0 Å². The molecule has 0 aliphatic heterocycles. The van der Waals surface area contributed by atoms with E-state index in [0.717, 1.165) is 30.9 Å². The Balaban J connectivity index is 2.03. The monoisotopic (exact) mass is 325 g/mol. The van der Waals surface area contributed by atoms with Crippen molar-refractivity contribution in [2.45, 2.75) is 13.5 Å². The standard InChI is InChI=1S/C21H27NO2/c1-18(17-23)15-22(16-19-9-4-3-5-10-19)14-8-12-20-11-6-7-13-21(20)24-2/h3-13,18,23H,14-17H2,1-2H3/b12-8+/t18-/m1/s1. The number of methoxy groups -OCH3 is 1. The number of hydrogen-bond acceptors (Lipinski definition) is 3. The summed E-state index contributed by atoms with van der Waals surface area (Å²) in [6.45, 7) is 4.85. The number of ether oxygens (including phenoxy) is 1. The third kappa shape index (κ3) is 5.84. The summed E-state index contributed by atoms with van der Waals surface area (Å²) >= 11 is 0. The number of aliphatic hydroxyl groups excluding tert-OH is 1. The van der Waals surface area contributed by atoms with Gasteiger partial charge in [0.15, 0.2) is 0 Å². The Morgan fingerprint density at radius 1 is 1.08 bits per heavy atom. The smallest absolute Gasteiger partial charge is 0.126 e. The highest BCUT2D eigenvalue weighted by Crippen LogP contribution is 2.18. The summed E-state index contributed by atoms with van der Waals surface area (Å²) in [6, 6.07) is 18.4. The first-order valence-corrected chi connectivity index (χ1v) is 8.39. The van der Waals surface area contributed by atoms with Crippen molar-refractivity contribution in [3.63, 3.8) is 0 Å². The molecule has 3 heteroatoms. The third-order valence-electron chi connectivity index (χ3n) is 3.93. The molecule has 0 fully saturated rings. The first-order valence-electron chi connectivity index (χ1n) is 8.39. The highest BCUT2D eigenvalue weighted by atomic mass is 16.5. The van der Waals surface area contributed by atoms with Crippen molar-refractivity contribution in [3.8, 4) is 5.75 Å². The van der Waals surface area contributed by atoms with Crippen LogP contribution in [-0.4, -0.2) is 36.8 Å². The van der Waals surface area contributed by atoms with Crippen molar-refractivity contribution in [1.82, 2.24) is 4.90 Å². The molecule has 128 valence electrons. The molecule has 0 aromatic heterocycles. The number of rotatable bonds is 9. The molecule has 0 saturated carbocycles. The minimum absolute atomic E-state index is 0.210. The second-order valence-electron chi connectivity index (χ2n) is 6.11. The van der Waals surface area contributed by atoms with Gasteiger partial charge in [-0.2, -0.15) is 0 Å². The predicted octanol–water partition coefficient (Wildman–Crippen LogP) is 3.84. The number of benzene rings is 2. The second kappa shape index (κ2) is 9.91. The van der Waals surface area contributed by atoms with Crippen LogP contribution in [0.15, 0.2) is 60.7 Å². The second-order valence-corrected chi connectivity index (χ2v) is 6.11. The van der Waals surface area contributed by atoms with Gasteiger partial charge in [-0.25, -0.2) is 0 Å². The Morgan fingerprint density at radius 3 is 2.50 bits per heavy atom. The molecule has 0 aliphatic rings. The molecule has 0 unspecified atom stereocenters. The predicted molar refractivity (Wildman–Crippen MR) is 100.0 cm³/mol. The largest absolute Gasteiger partial charge is 0.496 e. The summed E-state index contributed by atoms with van der Waals surface area (Å²) < 4.78 is 5.38. The Hall–Kier alpha value is -2.10. The van der Waals surface area contributed by atoms with Gasteiger partial charge in [-0.15, -0.1) is 0 Å². The third-order valence-corrected chi connectivity index (χ3v) is 3.93. The molecule has 1 atom stereocenters. The average Bonchev–Trinajstić information content (AvgIpc) is 2.62. The van der Waals surface area contributed by atoms with Crippen LogP contribution >= 0.6 is 0 Å². The van der Waals surface area contributed by atoms with Gasteiger partial charge in [0.05, 0.1) is 7.11 Å². The molecule has 0 amide bonds. The fourth-order valence-corrected chi connectivity index (χ4v) is 2.68. The van der Waals surface area contributed by atoms with Crippen LogP contribution < -0.4 is 4.74 Å². The molecule has 0 saturated heterocycles. The van der Waals surface area contributed by atoms with Gasteiger partial charge < -0.3 is 9.84 Å². The number of hydrogen-bond donors (Lipinski definition) is 1. The molecular weight excluding hydrogens is 298 g/mol. The van der Waals surface area contributed by atoms with Crippen LogP contribution in [0.3, 0.4) is 0 Å². The van der Waals surface area contributed by atoms with E-state index in [-0.39, 0.29) is 12.5 Å². The van der Waals surface area contributed by atoms with Gasteiger partial charge in [-0.05, 0) is 17.5 Å². The van der Waals surface area contributed by atoms with Crippen molar-refractivity contribution in [3.05, 3.63) is 71.8 Å². The zero-order chi connectivity index (χ0) is 17.2. The maximum Gasteiger partial charge on any atom is 0.126 e. The van der Waals surface area contributed by atoms with E-state index < -0.39 is 0 Å². The lowest BCUT2D eigenvalue weighted by Crippen LogP contribution is -2.29. The highest BCUT2D eigenvalue weighted by molar-refractivity contribution is 5.57. The van der Waals surface area contributed by atoms with Crippen LogP contribution in [0.25, 0.3) is 6.08 Å². The van der Waals surface area contributed by atoms with Crippen LogP contribution in [0.5, 0.6) is 5.75 Å². The van der Waals surface area contributed by atoms with Gasteiger partial charge in [0, 0.05) is 31.8 Å². The Kier molecular flexibility index (Phi) is 7.53. The maximum absolute atomic E-state index is 9.36. The summed E-state index contributed by atoms with van der Waals surface area (Å²) in [5.74, 6) is 1.14. The lowest BCUT2D eigenvalue weighted by Gasteiger charge is -2.23. The van der Waals surface area contributed by atoms with E-state index in [9.17, 15) is 5.11 Å². The van der Waals surface area contributed by atoms with Gasteiger partial charge in [-0.1, -0.05) is 67.6 Å². The molecule has 0 heterocycles. The van der Waals surface area contributed by atoms with E-state index in [4.69, 9.17) is 4.74 Å². The van der Waals surface area contributed by atoms with Gasteiger partial charge >= 0.3 is 0 Å². The van der Waals surface area contributed by atoms with Crippen molar-refractivity contribution in [2.75, 3.05) is 26.8 Å². The molecule has 2 aromatic rings. The Labute approximate surface area is 145 Å². The van der Waals surface area contributed by atoms with E-state index in [1.54, 1.807) is 7.11 Å². The molecule has 0 radical (unpaired) electrons. The summed E-state index contributed by atoms with van der Waals surface area (Å²) in [7, 11) is 1.69. The van der Waals surface area contributed by atoms with E-state index >= 15 is 0 Å². The summed E-state index contributed by atoms with van der Waals surface area (Å²) in [4.78, 5) is 2.35. The normalized spacial score (nSPS) is 12.7. The topological polar surface area (TPSA) is 32.7 Å². The first kappa shape index (κ1) is 18.2. The van der Waals surface area contributed by atoms with Crippen LogP contribution in [0.1, 0.15) is 18.1 Å². The average molecular weight is 325 g/mol. The fraction of sp³-hybridized carbons (Fsp3) is 0.333. The fourth-order valence-electron chi connectivity index (χ4n) is 2.68.